The monoisotopic (exact) mass is 274 g/mol. The van der Waals surface area contributed by atoms with E-state index in [1.54, 1.807) is 11.8 Å². The SMILES string of the molecule is COC(=O)C1CCN(C(=O)CSCC(C)N)CC1. The van der Waals surface area contributed by atoms with Crippen molar-refractivity contribution < 1.29 is 14.3 Å². The Kier molecular flexibility index (Phi) is 6.49. The first-order valence-corrected chi connectivity index (χ1v) is 7.39. The van der Waals surface area contributed by atoms with Crippen LogP contribution >= 0.6 is 11.8 Å². The van der Waals surface area contributed by atoms with Crippen LogP contribution in [0, 0.1) is 5.92 Å². The van der Waals surface area contributed by atoms with Gasteiger partial charge in [-0.1, -0.05) is 0 Å². The van der Waals surface area contributed by atoms with E-state index >= 15 is 0 Å². The summed E-state index contributed by atoms with van der Waals surface area (Å²) in [6.07, 6.45) is 1.41. The molecule has 0 aromatic carbocycles. The molecule has 18 heavy (non-hydrogen) atoms. The molecule has 1 aliphatic heterocycles. The van der Waals surface area contributed by atoms with Crippen molar-refractivity contribution in [1.82, 2.24) is 4.90 Å². The van der Waals surface area contributed by atoms with Crippen molar-refractivity contribution >= 4 is 23.6 Å². The summed E-state index contributed by atoms with van der Waals surface area (Å²) in [5.74, 6) is 1.21. The number of hydrogen-bond donors (Lipinski definition) is 1. The van der Waals surface area contributed by atoms with Crippen LogP contribution in [-0.2, 0) is 14.3 Å². The van der Waals surface area contributed by atoms with E-state index in [9.17, 15) is 9.59 Å². The standard InChI is InChI=1S/C12H22N2O3S/c1-9(13)7-18-8-11(15)14-5-3-10(4-6-14)12(16)17-2/h9-10H,3-8,13H2,1-2H3. The molecule has 1 rings (SSSR count). The Morgan fingerprint density at radius 1 is 1.44 bits per heavy atom. The van der Waals surface area contributed by atoms with Crippen molar-refractivity contribution in [3.63, 3.8) is 0 Å². The van der Waals surface area contributed by atoms with Crippen LogP contribution in [0.2, 0.25) is 0 Å². The zero-order valence-corrected chi connectivity index (χ0v) is 11.9. The minimum Gasteiger partial charge on any atom is -0.469 e. The number of amides is 1. The summed E-state index contributed by atoms with van der Waals surface area (Å²) in [6.45, 7) is 3.23. The van der Waals surface area contributed by atoms with Gasteiger partial charge in [0.2, 0.25) is 5.91 Å². The lowest BCUT2D eigenvalue weighted by Gasteiger charge is -2.30. The maximum Gasteiger partial charge on any atom is 0.308 e. The van der Waals surface area contributed by atoms with E-state index in [1.807, 2.05) is 11.8 Å². The van der Waals surface area contributed by atoms with E-state index in [1.165, 1.54) is 7.11 Å². The lowest BCUT2D eigenvalue weighted by molar-refractivity contribution is -0.148. The Balaban J connectivity index is 2.25. The molecule has 6 heteroatoms. The molecule has 5 nitrogen and oxygen atoms in total. The molecule has 0 bridgehead atoms. The fourth-order valence-corrected chi connectivity index (χ4v) is 2.80. The van der Waals surface area contributed by atoms with E-state index in [4.69, 9.17) is 10.5 Å². The lowest BCUT2D eigenvalue weighted by atomic mass is 9.97. The second kappa shape index (κ2) is 7.63. The quantitative estimate of drug-likeness (QED) is 0.738. The number of methoxy groups -OCH3 is 1. The summed E-state index contributed by atoms with van der Waals surface area (Å²) in [5.41, 5.74) is 5.63. The second-order valence-electron chi connectivity index (χ2n) is 4.67. The molecule has 1 saturated heterocycles. The molecule has 1 atom stereocenters. The van der Waals surface area contributed by atoms with Crippen LogP contribution in [-0.4, -0.2) is 54.5 Å². The highest BCUT2D eigenvalue weighted by atomic mass is 32.2. The van der Waals surface area contributed by atoms with Crippen molar-refractivity contribution in [1.29, 1.82) is 0 Å². The van der Waals surface area contributed by atoms with Crippen molar-refractivity contribution in [2.45, 2.75) is 25.8 Å². The molecule has 1 aliphatic rings. The van der Waals surface area contributed by atoms with Gasteiger partial charge in [0.15, 0.2) is 0 Å². The van der Waals surface area contributed by atoms with Crippen molar-refractivity contribution in [2.24, 2.45) is 11.7 Å². The first-order valence-electron chi connectivity index (χ1n) is 6.23. The van der Waals surface area contributed by atoms with Crippen LogP contribution < -0.4 is 5.73 Å². The van der Waals surface area contributed by atoms with E-state index in [2.05, 4.69) is 0 Å². The van der Waals surface area contributed by atoms with Crippen LogP contribution in [0.4, 0.5) is 0 Å². The van der Waals surface area contributed by atoms with Crippen LogP contribution in [0.5, 0.6) is 0 Å². The number of hydrogen-bond acceptors (Lipinski definition) is 5. The van der Waals surface area contributed by atoms with Gasteiger partial charge >= 0.3 is 5.97 Å². The number of rotatable bonds is 5. The highest BCUT2D eigenvalue weighted by Crippen LogP contribution is 2.19. The molecule has 104 valence electrons. The van der Waals surface area contributed by atoms with Crippen molar-refractivity contribution in [3.8, 4) is 0 Å². The van der Waals surface area contributed by atoms with Gasteiger partial charge in [0.1, 0.15) is 0 Å². The number of likely N-dealkylation sites (tertiary alicyclic amines) is 1. The Labute approximate surface area is 112 Å². The number of ether oxygens (including phenoxy) is 1. The largest absolute Gasteiger partial charge is 0.469 e. The van der Waals surface area contributed by atoms with Crippen molar-refractivity contribution in [3.05, 3.63) is 0 Å². The fourth-order valence-electron chi connectivity index (χ4n) is 1.95. The molecule has 0 aliphatic carbocycles. The number of carbonyl (C=O) groups excluding carboxylic acids is 2. The van der Waals surface area contributed by atoms with Gasteiger partial charge in [0, 0.05) is 24.9 Å². The van der Waals surface area contributed by atoms with Crippen LogP contribution in [0.1, 0.15) is 19.8 Å². The average Bonchev–Trinajstić information content (AvgIpc) is 2.37. The summed E-state index contributed by atoms with van der Waals surface area (Å²) in [5, 5.41) is 0. The highest BCUT2D eigenvalue weighted by Gasteiger charge is 2.27. The molecule has 2 N–H and O–H groups in total. The smallest absolute Gasteiger partial charge is 0.308 e. The Hall–Kier alpha value is -0.750. The predicted molar refractivity (Wildman–Crippen MR) is 72.3 cm³/mol. The average molecular weight is 274 g/mol. The summed E-state index contributed by atoms with van der Waals surface area (Å²) in [6, 6.07) is 0.118. The molecular formula is C12H22N2O3S. The Morgan fingerprint density at radius 3 is 2.56 bits per heavy atom. The van der Waals surface area contributed by atoms with Crippen LogP contribution in [0.15, 0.2) is 0 Å². The van der Waals surface area contributed by atoms with Gasteiger partial charge in [-0.3, -0.25) is 9.59 Å². The van der Waals surface area contributed by atoms with Gasteiger partial charge in [-0.25, -0.2) is 0 Å². The van der Waals surface area contributed by atoms with E-state index < -0.39 is 0 Å². The van der Waals surface area contributed by atoms with Gasteiger partial charge in [-0.2, -0.15) is 11.8 Å². The highest BCUT2D eigenvalue weighted by molar-refractivity contribution is 7.99. The van der Waals surface area contributed by atoms with Gasteiger partial charge < -0.3 is 15.4 Å². The Morgan fingerprint density at radius 2 is 2.06 bits per heavy atom. The van der Waals surface area contributed by atoms with Gasteiger partial charge in [0.25, 0.3) is 0 Å². The van der Waals surface area contributed by atoms with E-state index in [-0.39, 0.29) is 23.8 Å². The molecule has 0 aromatic heterocycles. The van der Waals surface area contributed by atoms with Gasteiger partial charge in [-0.05, 0) is 19.8 Å². The number of nitrogens with zero attached hydrogens (tertiary/aromatic N) is 1. The zero-order valence-electron chi connectivity index (χ0n) is 11.1. The van der Waals surface area contributed by atoms with Crippen LogP contribution in [0.3, 0.4) is 0 Å². The maximum absolute atomic E-state index is 11.9. The number of thioether (sulfide) groups is 1. The third-order valence-corrected chi connectivity index (χ3v) is 4.20. The summed E-state index contributed by atoms with van der Waals surface area (Å²) in [4.78, 5) is 25.0. The number of esters is 1. The molecule has 0 radical (unpaired) electrons. The third kappa shape index (κ3) is 4.86. The molecule has 0 aromatic rings. The topological polar surface area (TPSA) is 72.6 Å². The molecule has 0 saturated carbocycles. The second-order valence-corrected chi connectivity index (χ2v) is 5.70. The van der Waals surface area contributed by atoms with Gasteiger partial charge in [0.05, 0.1) is 18.8 Å². The molecule has 0 spiro atoms. The first-order chi connectivity index (χ1) is 8.54. The molecule has 1 amide bonds. The number of piperidine rings is 1. The minimum absolute atomic E-state index is 0.0456. The molecule has 1 unspecified atom stereocenters. The lowest BCUT2D eigenvalue weighted by Crippen LogP contribution is -2.41. The summed E-state index contributed by atoms with van der Waals surface area (Å²) < 4.78 is 4.72. The predicted octanol–water partition coefficient (Wildman–Crippen LogP) is 0.478. The molecule has 1 heterocycles. The van der Waals surface area contributed by atoms with Crippen LogP contribution in [0.25, 0.3) is 0 Å². The first kappa shape index (κ1) is 15.3. The number of carbonyl (C=O) groups is 2. The van der Waals surface area contributed by atoms with E-state index in [0.29, 0.717) is 31.7 Å². The summed E-state index contributed by atoms with van der Waals surface area (Å²) >= 11 is 1.57. The maximum atomic E-state index is 11.9. The van der Waals surface area contributed by atoms with Crippen molar-refractivity contribution in [2.75, 3.05) is 31.7 Å². The Bertz CT molecular complexity index is 289. The molecule has 1 fully saturated rings. The normalized spacial score (nSPS) is 18.5. The third-order valence-electron chi connectivity index (χ3n) is 2.99. The van der Waals surface area contributed by atoms with E-state index in [0.717, 1.165) is 5.75 Å². The fraction of sp³-hybridized carbons (Fsp3) is 0.833. The van der Waals surface area contributed by atoms with Gasteiger partial charge in [-0.15, -0.1) is 0 Å². The summed E-state index contributed by atoms with van der Waals surface area (Å²) in [7, 11) is 1.41. The number of nitrogens with two attached hydrogens (primary N) is 1. The molecular weight excluding hydrogens is 252 g/mol. The minimum atomic E-state index is -0.159. The zero-order chi connectivity index (χ0) is 13.5.